The molecular formula is C10H13FO. The number of alkyl halides is 1. The highest BCUT2D eigenvalue weighted by Crippen LogP contribution is 2.20. The summed E-state index contributed by atoms with van der Waals surface area (Å²) in [6, 6.07) is 7.21. The third kappa shape index (κ3) is 1.83. The average Bonchev–Trinajstić information content (AvgIpc) is 2.05. The summed E-state index contributed by atoms with van der Waals surface area (Å²) in [7, 11) is 0. The molecule has 0 aliphatic carbocycles. The Morgan fingerprint density at radius 3 is 2.25 bits per heavy atom. The van der Waals surface area contributed by atoms with Crippen molar-refractivity contribution in [3.63, 3.8) is 0 Å². The smallest absolute Gasteiger partial charge is 0.122 e. The normalized spacial score (nSPS) is 15.7. The van der Waals surface area contributed by atoms with Crippen LogP contribution in [0.1, 0.15) is 18.1 Å². The second-order valence-corrected chi connectivity index (χ2v) is 3.27. The maximum absolute atomic E-state index is 12.3. The minimum absolute atomic E-state index is 0.621. The number of halogens is 1. The van der Waals surface area contributed by atoms with Crippen LogP contribution in [-0.4, -0.2) is 11.8 Å². The van der Waals surface area contributed by atoms with Gasteiger partial charge in [-0.15, -0.1) is 0 Å². The first kappa shape index (κ1) is 9.20. The topological polar surface area (TPSA) is 20.2 Å². The van der Waals surface area contributed by atoms with E-state index in [0.29, 0.717) is 5.56 Å². The highest BCUT2D eigenvalue weighted by molar-refractivity contribution is 5.25. The Morgan fingerprint density at radius 2 is 1.83 bits per heavy atom. The van der Waals surface area contributed by atoms with Crippen LogP contribution in [0.4, 0.5) is 4.39 Å². The van der Waals surface area contributed by atoms with Crippen molar-refractivity contribution in [3.8, 4) is 0 Å². The summed E-state index contributed by atoms with van der Waals surface area (Å²) in [6.07, 6.45) is 0. The third-order valence-electron chi connectivity index (χ3n) is 1.93. The summed E-state index contributed by atoms with van der Waals surface area (Å²) in [6.45, 7) is 2.67. The highest BCUT2D eigenvalue weighted by atomic mass is 19.1. The van der Waals surface area contributed by atoms with Gasteiger partial charge in [-0.2, -0.15) is 0 Å². The molecule has 1 aromatic rings. The van der Waals surface area contributed by atoms with E-state index in [1.807, 2.05) is 19.1 Å². The Morgan fingerprint density at radius 1 is 1.33 bits per heavy atom. The molecule has 2 heteroatoms. The lowest BCUT2D eigenvalue weighted by atomic mass is 9.97. The third-order valence-corrected chi connectivity index (χ3v) is 1.93. The van der Waals surface area contributed by atoms with Crippen LogP contribution in [0.2, 0.25) is 0 Å². The van der Waals surface area contributed by atoms with E-state index in [-0.39, 0.29) is 0 Å². The van der Waals surface area contributed by atoms with Crippen LogP contribution < -0.4 is 0 Å². The summed E-state index contributed by atoms with van der Waals surface area (Å²) in [5, 5.41) is 9.51. The molecule has 0 amide bonds. The first-order valence-electron chi connectivity index (χ1n) is 3.92. The maximum atomic E-state index is 12.3. The quantitative estimate of drug-likeness (QED) is 0.717. The zero-order valence-corrected chi connectivity index (χ0v) is 7.34. The van der Waals surface area contributed by atoms with Crippen molar-refractivity contribution < 1.29 is 9.50 Å². The summed E-state index contributed by atoms with van der Waals surface area (Å²) < 4.78 is 12.3. The van der Waals surface area contributed by atoms with Gasteiger partial charge in [-0.05, 0) is 19.4 Å². The lowest BCUT2D eigenvalue weighted by Crippen LogP contribution is -2.23. The fourth-order valence-electron chi connectivity index (χ4n) is 0.990. The highest BCUT2D eigenvalue weighted by Gasteiger charge is 2.22. The molecule has 12 heavy (non-hydrogen) atoms. The average molecular weight is 168 g/mol. The predicted octanol–water partition coefficient (Wildman–Crippen LogP) is 2.17. The summed E-state index contributed by atoms with van der Waals surface area (Å²) in [4.78, 5) is 0. The van der Waals surface area contributed by atoms with Crippen molar-refractivity contribution in [1.29, 1.82) is 0 Å². The van der Waals surface area contributed by atoms with Crippen molar-refractivity contribution in [2.45, 2.75) is 19.4 Å². The van der Waals surface area contributed by atoms with Crippen molar-refractivity contribution in [2.75, 3.05) is 6.67 Å². The molecule has 0 saturated carbocycles. The largest absolute Gasteiger partial charge is 0.383 e. The van der Waals surface area contributed by atoms with E-state index in [2.05, 4.69) is 0 Å². The van der Waals surface area contributed by atoms with Gasteiger partial charge in [0, 0.05) is 0 Å². The van der Waals surface area contributed by atoms with E-state index in [4.69, 9.17) is 0 Å². The van der Waals surface area contributed by atoms with E-state index in [1.54, 1.807) is 12.1 Å². The van der Waals surface area contributed by atoms with Gasteiger partial charge in [0.1, 0.15) is 12.3 Å². The molecule has 0 radical (unpaired) electrons. The van der Waals surface area contributed by atoms with Gasteiger partial charge in [0.15, 0.2) is 0 Å². The maximum Gasteiger partial charge on any atom is 0.122 e. The van der Waals surface area contributed by atoms with Crippen LogP contribution in [0.15, 0.2) is 24.3 Å². The Kier molecular flexibility index (Phi) is 2.48. The number of hydrogen-bond donors (Lipinski definition) is 1. The first-order valence-corrected chi connectivity index (χ1v) is 3.92. The van der Waals surface area contributed by atoms with Crippen molar-refractivity contribution in [1.82, 2.24) is 0 Å². The van der Waals surface area contributed by atoms with Crippen LogP contribution in [0.5, 0.6) is 0 Å². The minimum atomic E-state index is -1.34. The zero-order chi connectivity index (χ0) is 9.19. The molecule has 1 nitrogen and oxygen atoms in total. The van der Waals surface area contributed by atoms with Gasteiger partial charge in [-0.3, -0.25) is 0 Å². The Labute approximate surface area is 71.9 Å². The molecule has 0 aromatic heterocycles. The van der Waals surface area contributed by atoms with Crippen LogP contribution >= 0.6 is 0 Å². The Balaban J connectivity index is 2.96. The molecule has 1 rings (SSSR count). The molecule has 0 bridgehead atoms. The number of aliphatic hydroxyl groups is 1. The van der Waals surface area contributed by atoms with Crippen LogP contribution in [0.3, 0.4) is 0 Å². The molecule has 1 unspecified atom stereocenters. The van der Waals surface area contributed by atoms with Crippen LogP contribution in [0.25, 0.3) is 0 Å². The standard InChI is InChI=1S/C10H13FO/c1-8-3-5-9(6-4-8)10(2,12)7-11/h3-6,12H,7H2,1-2H3. The van der Waals surface area contributed by atoms with Crippen molar-refractivity contribution in [3.05, 3.63) is 35.4 Å². The van der Waals surface area contributed by atoms with Crippen LogP contribution in [0, 0.1) is 6.92 Å². The van der Waals surface area contributed by atoms with E-state index >= 15 is 0 Å². The second kappa shape index (κ2) is 3.23. The van der Waals surface area contributed by atoms with E-state index < -0.39 is 12.3 Å². The van der Waals surface area contributed by atoms with Crippen molar-refractivity contribution in [2.24, 2.45) is 0 Å². The summed E-state index contributed by atoms with van der Waals surface area (Å²) in [5.41, 5.74) is 0.386. The molecular weight excluding hydrogens is 155 g/mol. The fourth-order valence-corrected chi connectivity index (χ4v) is 0.990. The molecule has 0 saturated heterocycles. The fraction of sp³-hybridized carbons (Fsp3) is 0.400. The molecule has 0 fully saturated rings. The molecule has 1 atom stereocenters. The molecule has 66 valence electrons. The van der Waals surface area contributed by atoms with Gasteiger partial charge < -0.3 is 5.11 Å². The molecule has 0 aliphatic rings. The monoisotopic (exact) mass is 168 g/mol. The molecule has 0 aliphatic heterocycles. The lowest BCUT2D eigenvalue weighted by Gasteiger charge is -2.19. The Hall–Kier alpha value is -0.890. The molecule has 0 spiro atoms. The van der Waals surface area contributed by atoms with Gasteiger partial charge in [-0.25, -0.2) is 4.39 Å². The summed E-state index contributed by atoms with van der Waals surface area (Å²) >= 11 is 0. The van der Waals surface area contributed by atoms with E-state index in [0.717, 1.165) is 5.56 Å². The molecule has 0 heterocycles. The summed E-state index contributed by atoms with van der Waals surface area (Å²) in [5.74, 6) is 0. The number of benzene rings is 1. The van der Waals surface area contributed by atoms with E-state index in [9.17, 15) is 9.50 Å². The Bertz CT molecular complexity index is 251. The van der Waals surface area contributed by atoms with Crippen LogP contribution in [-0.2, 0) is 5.60 Å². The van der Waals surface area contributed by atoms with Gasteiger partial charge in [0.05, 0.1) is 0 Å². The SMILES string of the molecule is Cc1ccc(C(C)(O)CF)cc1. The number of rotatable bonds is 2. The van der Waals surface area contributed by atoms with Gasteiger partial charge >= 0.3 is 0 Å². The lowest BCUT2D eigenvalue weighted by molar-refractivity contribution is 0.0300. The van der Waals surface area contributed by atoms with Gasteiger partial charge in [0.25, 0.3) is 0 Å². The molecule has 1 aromatic carbocycles. The number of hydrogen-bond acceptors (Lipinski definition) is 1. The zero-order valence-electron chi connectivity index (χ0n) is 7.34. The number of aryl methyl sites for hydroxylation is 1. The van der Waals surface area contributed by atoms with Crippen molar-refractivity contribution >= 4 is 0 Å². The van der Waals surface area contributed by atoms with E-state index in [1.165, 1.54) is 6.92 Å². The predicted molar refractivity (Wildman–Crippen MR) is 46.7 cm³/mol. The van der Waals surface area contributed by atoms with Gasteiger partial charge in [-0.1, -0.05) is 29.8 Å². The second-order valence-electron chi connectivity index (χ2n) is 3.27. The molecule has 1 N–H and O–H groups in total. The first-order chi connectivity index (χ1) is 5.56. The minimum Gasteiger partial charge on any atom is -0.383 e. The van der Waals surface area contributed by atoms with Gasteiger partial charge in [0.2, 0.25) is 0 Å².